The average molecular weight is 524 g/mol. The Kier molecular flexibility index (Phi) is 5.87. The molecular formula is C35H26ClN3. The van der Waals surface area contributed by atoms with E-state index in [0.717, 1.165) is 17.0 Å². The normalized spacial score (nSPS) is 13.6. The highest BCUT2D eigenvalue weighted by atomic mass is 35.5. The highest BCUT2D eigenvalue weighted by Crippen LogP contribution is 2.52. The molecule has 0 spiro atoms. The zero-order chi connectivity index (χ0) is 26.3. The van der Waals surface area contributed by atoms with Crippen LogP contribution in [-0.4, -0.2) is 12.1 Å². The van der Waals surface area contributed by atoms with Gasteiger partial charge in [0.15, 0.2) is 0 Å². The van der Waals surface area contributed by atoms with E-state index in [0.29, 0.717) is 5.02 Å². The highest BCUT2D eigenvalue weighted by molar-refractivity contribution is 6.33. The molecule has 0 unspecified atom stereocenters. The third kappa shape index (κ3) is 3.89. The molecule has 0 aromatic heterocycles. The van der Waals surface area contributed by atoms with Crippen molar-refractivity contribution < 1.29 is 0 Å². The van der Waals surface area contributed by atoms with Gasteiger partial charge < -0.3 is 0 Å². The van der Waals surface area contributed by atoms with Crippen LogP contribution >= 0.6 is 11.6 Å². The number of aryl methyl sites for hydroxylation is 1. The molecule has 0 bridgehead atoms. The molecule has 0 heterocycles. The van der Waals surface area contributed by atoms with Gasteiger partial charge in [0, 0.05) is 0 Å². The lowest BCUT2D eigenvalue weighted by molar-refractivity contribution is 0.938. The number of hydrazone groups is 1. The lowest BCUT2D eigenvalue weighted by Crippen LogP contribution is -2.23. The molecule has 7 rings (SSSR count). The largest absolute Gasteiger partial charge is 0.268 e. The number of hydrogen-bond donors (Lipinski definition) is 1. The first-order valence-corrected chi connectivity index (χ1v) is 13.6. The zero-order valence-electron chi connectivity index (χ0n) is 21.5. The zero-order valence-corrected chi connectivity index (χ0v) is 22.2. The number of aliphatic imine (C=N–C) groups is 1. The van der Waals surface area contributed by atoms with E-state index in [9.17, 15) is 0 Å². The Morgan fingerprint density at radius 3 is 1.49 bits per heavy atom. The molecule has 3 nitrogen and oxygen atoms in total. The summed E-state index contributed by atoms with van der Waals surface area (Å²) in [5.41, 5.74) is 16.2. The second-order valence-electron chi connectivity index (χ2n) is 10.0. The fourth-order valence-corrected chi connectivity index (χ4v) is 6.50. The molecule has 2 aliphatic carbocycles. The minimum atomic E-state index is 0.00422. The number of halogens is 1. The fourth-order valence-electron chi connectivity index (χ4n) is 6.23. The third-order valence-corrected chi connectivity index (χ3v) is 8.20. The molecular weight excluding hydrogens is 498 g/mol. The molecule has 0 radical (unpaired) electrons. The van der Waals surface area contributed by atoms with E-state index in [-0.39, 0.29) is 11.8 Å². The van der Waals surface area contributed by atoms with Crippen LogP contribution in [0.2, 0.25) is 5.02 Å². The van der Waals surface area contributed by atoms with Crippen LogP contribution in [0.15, 0.2) is 125 Å². The van der Waals surface area contributed by atoms with Crippen molar-refractivity contribution >= 4 is 29.3 Å². The van der Waals surface area contributed by atoms with E-state index in [1.807, 2.05) is 25.1 Å². The number of fused-ring (bicyclic) bond motifs is 6. The van der Waals surface area contributed by atoms with Crippen LogP contribution in [0.3, 0.4) is 0 Å². The van der Waals surface area contributed by atoms with Crippen molar-refractivity contribution in [3.05, 3.63) is 148 Å². The molecule has 188 valence electrons. The maximum absolute atomic E-state index is 6.43. The van der Waals surface area contributed by atoms with E-state index in [2.05, 4.69) is 107 Å². The van der Waals surface area contributed by atoms with Gasteiger partial charge in [-0.25, -0.2) is 4.99 Å². The molecule has 2 aliphatic rings. The maximum atomic E-state index is 6.43. The molecule has 0 saturated carbocycles. The van der Waals surface area contributed by atoms with Crippen molar-refractivity contribution in [3.63, 3.8) is 0 Å². The molecule has 4 heteroatoms. The minimum absolute atomic E-state index is 0.00422. The standard InChI is InChI=1S/C35H26ClN3/c1-22-11-10-20-31(36)34(22)37-21-38-39-35(32-27-16-6-2-12-23(27)24-13-3-7-17-28(24)32)33-29-18-8-4-14-25(29)26-15-5-9-19-30(26)33/h2-21,32-33H,1H3,(H,37,38). The molecule has 0 amide bonds. The van der Waals surface area contributed by atoms with E-state index >= 15 is 0 Å². The van der Waals surface area contributed by atoms with Gasteiger partial charge in [-0.3, -0.25) is 5.43 Å². The molecule has 0 atom stereocenters. The smallest absolute Gasteiger partial charge is 0.109 e. The maximum Gasteiger partial charge on any atom is 0.109 e. The van der Waals surface area contributed by atoms with Crippen LogP contribution in [0.1, 0.15) is 39.7 Å². The van der Waals surface area contributed by atoms with Crippen molar-refractivity contribution in [3.8, 4) is 22.3 Å². The number of nitrogens with one attached hydrogen (secondary N) is 1. The van der Waals surface area contributed by atoms with Gasteiger partial charge in [0.1, 0.15) is 6.34 Å². The van der Waals surface area contributed by atoms with Gasteiger partial charge in [0.2, 0.25) is 0 Å². The van der Waals surface area contributed by atoms with Gasteiger partial charge in [0.25, 0.3) is 0 Å². The highest BCUT2D eigenvalue weighted by Gasteiger charge is 2.40. The summed E-state index contributed by atoms with van der Waals surface area (Å²) >= 11 is 6.43. The fraction of sp³-hybridized carbons (Fsp3) is 0.0857. The summed E-state index contributed by atoms with van der Waals surface area (Å²) in [5.74, 6) is 0.00845. The quantitative estimate of drug-likeness (QED) is 0.139. The number of nitrogens with zero attached hydrogens (tertiary/aromatic N) is 2. The summed E-state index contributed by atoms with van der Waals surface area (Å²) in [6, 6.07) is 40.6. The molecule has 5 aromatic rings. The van der Waals surface area contributed by atoms with Crippen molar-refractivity contribution in [1.82, 2.24) is 5.43 Å². The van der Waals surface area contributed by atoms with Crippen molar-refractivity contribution in [2.24, 2.45) is 10.1 Å². The van der Waals surface area contributed by atoms with Gasteiger partial charge in [-0.05, 0) is 63.1 Å². The SMILES string of the molecule is Cc1cccc(Cl)c1N=CNN=C(C1c2ccccc2-c2ccccc21)C1c2ccccc2-c2ccccc21. The predicted octanol–water partition coefficient (Wildman–Crippen LogP) is 8.88. The molecule has 5 aromatic carbocycles. The van der Waals surface area contributed by atoms with Crippen molar-refractivity contribution in [1.29, 1.82) is 0 Å². The Bertz CT molecular complexity index is 1580. The minimum Gasteiger partial charge on any atom is -0.268 e. The van der Waals surface area contributed by atoms with Crippen LogP contribution in [0.25, 0.3) is 22.3 Å². The first-order valence-electron chi connectivity index (χ1n) is 13.2. The summed E-state index contributed by atoms with van der Waals surface area (Å²) in [4.78, 5) is 4.63. The van der Waals surface area contributed by atoms with E-state index in [4.69, 9.17) is 16.7 Å². The van der Waals surface area contributed by atoms with E-state index < -0.39 is 0 Å². The predicted molar refractivity (Wildman–Crippen MR) is 162 cm³/mol. The van der Waals surface area contributed by atoms with Crippen LogP contribution in [0.4, 0.5) is 5.69 Å². The second-order valence-corrected chi connectivity index (χ2v) is 10.5. The molecule has 39 heavy (non-hydrogen) atoms. The van der Waals surface area contributed by atoms with Gasteiger partial charge >= 0.3 is 0 Å². The van der Waals surface area contributed by atoms with E-state index in [1.165, 1.54) is 44.5 Å². The van der Waals surface area contributed by atoms with Crippen LogP contribution in [0, 0.1) is 6.92 Å². The Morgan fingerprint density at radius 2 is 1.05 bits per heavy atom. The van der Waals surface area contributed by atoms with Crippen LogP contribution in [-0.2, 0) is 0 Å². The summed E-state index contributed by atoms with van der Waals surface area (Å²) in [7, 11) is 0. The summed E-state index contributed by atoms with van der Waals surface area (Å²) in [5, 5.41) is 5.75. The van der Waals surface area contributed by atoms with Crippen LogP contribution < -0.4 is 5.43 Å². The van der Waals surface area contributed by atoms with Gasteiger partial charge in [-0.15, -0.1) is 0 Å². The molecule has 0 saturated heterocycles. The number of hydrogen-bond acceptors (Lipinski definition) is 2. The Hall–Kier alpha value is -4.47. The van der Waals surface area contributed by atoms with Gasteiger partial charge in [0.05, 0.1) is 28.3 Å². The first kappa shape index (κ1) is 23.6. The summed E-state index contributed by atoms with van der Waals surface area (Å²) in [6.07, 6.45) is 1.65. The van der Waals surface area contributed by atoms with E-state index in [1.54, 1.807) is 6.34 Å². The van der Waals surface area contributed by atoms with Crippen molar-refractivity contribution in [2.75, 3.05) is 0 Å². The summed E-state index contributed by atoms with van der Waals surface area (Å²) in [6.45, 7) is 2.01. The topological polar surface area (TPSA) is 36.8 Å². The number of benzene rings is 5. The second kappa shape index (κ2) is 9.68. The Balaban J connectivity index is 1.40. The third-order valence-electron chi connectivity index (χ3n) is 7.89. The number of para-hydroxylation sites is 1. The van der Waals surface area contributed by atoms with Gasteiger partial charge in [-0.1, -0.05) is 121 Å². The monoisotopic (exact) mass is 523 g/mol. The van der Waals surface area contributed by atoms with Gasteiger partial charge in [-0.2, -0.15) is 5.10 Å². The first-order chi connectivity index (χ1) is 19.2. The average Bonchev–Trinajstić information content (AvgIpc) is 3.48. The lowest BCUT2D eigenvalue weighted by Gasteiger charge is -2.24. The molecule has 0 fully saturated rings. The summed E-state index contributed by atoms with van der Waals surface area (Å²) < 4.78 is 0. The molecule has 0 aliphatic heterocycles. The van der Waals surface area contributed by atoms with Crippen molar-refractivity contribution in [2.45, 2.75) is 18.8 Å². The molecule has 1 N–H and O–H groups in total. The Morgan fingerprint density at radius 1 is 0.615 bits per heavy atom. The lowest BCUT2D eigenvalue weighted by atomic mass is 9.80. The Labute approximate surface area is 233 Å². The number of rotatable bonds is 5. The van der Waals surface area contributed by atoms with Crippen LogP contribution in [0.5, 0.6) is 0 Å².